The first-order valence-corrected chi connectivity index (χ1v) is 9.23. The lowest BCUT2D eigenvalue weighted by atomic mass is 9.87. The Kier molecular flexibility index (Phi) is 3.21. The molecule has 2 bridgehead atoms. The molecule has 3 unspecified atom stereocenters. The van der Waals surface area contributed by atoms with Gasteiger partial charge >= 0.3 is 0 Å². The fourth-order valence-electron chi connectivity index (χ4n) is 4.14. The van der Waals surface area contributed by atoms with Crippen molar-refractivity contribution in [2.45, 2.75) is 18.4 Å². The number of piperidine rings is 1. The predicted octanol–water partition coefficient (Wildman–Crippen LogP) is 2.57. The van der Waals surface area contributed by atoms with Crippen LogP contribution in [0, 0.1) is 5.92 Å². The van der Waals surface area contributed by atoms with E-state index in [1.165, 1.54) is 19.4 Å². The highest BCUT2D eigenvalue weighted by molar-refractivity contribution is 7.22. The van der Waals surface area contributed by atoms with Gasteiger partial charge in [0.05, 0.1) is 23.9 Å². The minimum atomic E-state index is -0.112. The maximum atomic E-state index is 6.31. The first kappa shape index (κ1) is 14.5. The normalized spacial score (nSPS) is 31.3. The minimum Gasteiger partial charge on any atom is -0.497 e. The average Bonchev–Trinajstić information content (AvgIpc) is 3.24. The number of thiazole rings is 1. The number of rotatable bonds is 2. The molecule has 2 saturated heterocycles. The molecule has 5 rings (SSSR count). The van der Waals surface area contributed by atoms with Crippen molar-refractivity contribution in [3.8, 4) is 5.75 Å². The molecule has 1 aromatic carbocycles. The van der Waals surface area contributed by atoms with E-state index in [1.807, 2.05) is 18.2 Å². The van der Waals surface area contributed by atoms with Crippen LogP contribution in [0.5, 0.6) is 5.75 Å². The van der Waals surface area contributed by atoms with Crippen molar-refractivity contribution in [2.24, 2.45) is 10.9 Å². The smallest absolute Gasteiger partial charge is 0.291 e. The van der Waals surface area contributed by atoms with Gasteiger partial charge in [-0.1, -0.05) is 11.3 Å². The summed E-state index contributed by atoms with van der Waals surface area (Å²) in [6.07, 6.45) is 2.53. The molecule has 3 atom stereocenters. The van der Waals surface area contributed by atoms with E-state index < -0.39 is 0 Å². The number of ether oxygens (including phenoxy) is 2. The zero-order valence-corrected chi connectivity index (χ0v) is 14.4. The number of aliphatic imine (C=N–C) groups is 1. The molecule has 0 saturated carbocycles. The van der Waals surface area contributed by atoms with Gasteiger partial charge in [0.15, 0.2) is 5.13 Å². The molecular formula is C17H20N4O2S. The Hall–Kier alpha value is -1.86. The van der Waals surface area contributed by atoms with Crippen molar-refractivity contribution in [2.75, 3.05) is 38.6 Å². The minimum absolute atomic E-state index is 0.112. The van der Waals surface area contributed by atoms with Crippen LogP contribution in [0.2, 0.25) is 0 Å². The van der Waals surface area contributed by atoms with Crippen LogP contribution in [0.3, 0.4) is 0 Å². The first-order chi connectivity index (χ1) is 11.7. The third-order valence-electron chi connectivity index (χ3n) is 5.34. The van der Waals surface area contributed by atoms with E-state index in [0.717, 1.165) is 40.7 Å². The van der Waals surface area contributed by atoms with Crippen LogP contribution in [0.1, 0.15) is 12.8 Å². The Morgan fingerprint density at radius 1 is 1.46 bits per heavy atom. The molecule has 1 spiro atoms. The number of hydrogen-bond donors (Lipinski definition) is 1. The molecule has 6 nitrogen and oxygen atoms in total. The summed E-state index contributed by atoms with van der Waals surface area (Å²) < 4.78 is 12.7. The first-order valence-electron chi connectivity index (χ1n) is 8.41. The second-order valence-corrected chi connectivity index (χ2v) is 7.87. The lowest BCUT2D eigenvalue weighted by Crippen LogP contribution is -2.41. The van der Waals surface area contributed by atoms with E-state index >= 15 is 0 Å². The van der Waals surface area contributed by atoms with Crippen LogP contribution in [0.25, 0.3) is 10.2 Å². The van der Waals surface area contributed by atoms with Crippen molar-refractivity contribution >= 4 is 32.7 Å². The Balaban J connectivity index is 1.34. The number of aromatic nitrogens is 1. The van der Waals surface area contributed by atoms with E-state index in [9.17, 15) is 0 Å². The molecule has 1 aromatic heterocycles. The van der Waals surface area contributed by atoms with E-state index in [-0.39, 0.29) is 5.60 Å². The Bertz CT molecular complexity index is 820. The lowest BCUT2D eigenvalue weighted by Gasteiger charge is -2.28. The van der Waals surface area contributed by atoms with Gasteiger partial charge in [-0.3, -0.25) is 10.2 Å². The fourth-order valence-corrected chi connectivity index (χ4v) is 5.02. The number of benzene rings is 1. The molecule has 0 radical (unpaired) electrons. The van der Waals surface area contributed by atoms with Gasteiger partial charge in [-0.05, 0) is 37.6 Å². The molecule has 2 aromatic rings. The van der Waals surface area contributed by atoms with Crippen molar-refractivity contribution in [3.63, 3.8) is 0 Å². The van der Waals surface area contributed by atoms with Gasteiger partial charge < -0.3 is 9.47 Å². The van der Waals surface area contributed by atoms with Gasteiger partial charge in [-0.2, -0.15) is 0 Å². The van der Waals surface area contributed by atoms with Crippen LogP contribution < -0.4 is 10.1 Å². The highest BCUT2D eigenvalue weighted by Gasteiger charge is 2.53. The third kappa shape index (κ3) is 2.26. The summed E-state index contributed by atoms with van der Waals surface area (Å²) in [5.74, 6) is 1.45. The zero-order chi connectivity index (χ0) is 16.1. The molecular weight excluding hydrogens is 324 g/mol. The van der Waals surface area contributed by atoms with Gasteiger partial charge in [0, 0.05) is 19.0 Å². The molecule has 126 valence electrons. The number of methoxy groups -OCH3 is 1. The quantitative estimate of drug-likeness (QED) is 0.907. The molecule has 2 fully saturated rings. The average molecular weight is 344 g/mol. The largest absolute Gasteiger partial charge is 0.497 e. The van der Waals surface area contributed by atoms with E-state index in [0.29, 0.717) is 11.9 Å². The SMILES string of the molecule is COc1ccc2nc(NC3=NCC4(CN5CCCC4C5)O3)sc2c1. The molecule has 3 aliphatic heterocycles. The summed E-state index contributed by atoms with van der Waals surface area (Å²) in [6, 6.07) is 6.53. The number of hydrogen-bond acceptors (Lipinski definition) is 7. The van der Waals surface area contributed by atoms with Gasteiger partial charge in [-0.15, -0.1) is 0 Å². The van der Waals surface area contributed by atoms with E-state index in [1.54, 1.807) is 18.4 Å². The highest BCUT2D eigenvalue weighted by atomic mass is 32.1. The van der Waals surface area contributed by atoms with Crippen molar-refractivity contribution in [1.82, 2.24) is 9.88 Å². The van der Waals surface area contributed by atoms with Gasteiger partial charge in [-0.25, -0.2) is 9.98 Å². The summed E-state index contributed by atoms with van der Waals surface area (Å²) >= 11 is 1.59. The van der Waals surface area contributed by atoms with Crippen LogP contribution in [-0.2, 0) is 4.74 Å². The number of fused-ring (bicyclic) bond motifs is 4. The second-order valence-electron chi connectivity index (χ2n) is 6.84. The Labute approximate surface area is 144 Å². The number of anilines is 1. The van der Waals surface area contributed by atoms with Gasteiger partial charge in [0.1, 0.15) is 11.4 Å². The molecule has 24 heavy (non-hydrogen) atoms. The van der Waals surface area contributed by atoms with Gasteiger partial charge in [0.25, 0.3) is 6.02 Å². The van der Waals surface area contributed by atoms with E-state index in [4.69, 9.17) is 9.47 Å². The van der Waals surface area contributed by atoms with Crippen molar-refractivity contribution < 1.29 is 9.47 Å². The predicted molar refractivity (Wildman–Crippen MR) is 95.1 cm³/mol. The van der Waals surface area contributed by atoms with Crippen LogP contribution >= 0.6 is 11.3 Å². The van der Waals surface area contributed by atoms with Crippen LogP contribution in [0.4, 0.5) is 5.13 Å². The lowest BCUT2D eigenvalue weighted by molar-refractivity contribution is 0.0588. The molecule has 0 amide bonds. The van der Waals surface area contributed by atoms with Crippen molar-refractivity contribution in [3.05, 3.63) is 18.2 Å². The summed E-state index contributed by atoms with van der Waals surface area (Å²) in [5, 5.41) is 4.09. The van der Waals surface area contributed by atoms with Gasteiger partial charge in [0.2, 0.25) is 0 Å². The maximum Gasteiger partial charge on any atom is 0.291 e. The second kappa shape index (κ2) is 5.32. The molecule has 0 aliphatic carbocycles. The monoisotopic (exact) mass is 344 g/mol. The summed E-state index contributed by atoms with van der Waals surface area (Å²) in [5.41, 5.74) is 0.845. The third-order valence-corrected chi connectivity index (χ3v) is 6.27. The molecule has 4 heterocycles. The Morgan fingerprint density at radius 2 is 2.42 bits per heavy atom. The maximum absolute atomic E-state index is 6.31. The summed E-state index contributed by atoms with van der Waals surface area (Å²) in [4.78, 5) is 11.8. The standard InChI is InChI=1S/C17H20N4O2S/c1-22-12-4-5-13-14(7-12)24-16(19-13)20-15-18-9-17(23-15)10-21-6-2-3-11(17)8-21/h4-5,7,11H,2-3,6,8-10H2,1H3,(H,18,19,20). The topological polar surface area (TPSA) is 59.0 Å². The molecule has 7 heteroatoms. The Morgan fingerprint density at radius 3 is 3.29 bits per heavy atom. The van der Waals surface area contributed by atoms with Crippen LogP contribution in [-0.4, -0.2) is 54.8 Å². The molecule has 1 N–H and O–H groups in total. The highest BCUT2D eigenvalue weighted by Crippen LogP contribution is 2.41. The molecule has 3 aliphatic rings. The number of nitrogens with one attached hydrogen (secondary N) is 1. The summed E-state index contributed by atoms with van der Waals surface area (Å²) in [7, 11) is 1.68. The zero-order valence-electron chi connectivity index (χ0n) is 13.6. The van der Waals surface area contributed by atoms with Crippen LogP contribution in [0.15, 0.2) is 23.2 Å². The summed E-state index contributed by atoms with van der Waals surface area (Å²) in [6.45, 7) is 4.12. The fraction of sp³-hybridized carbons (Fsp3) is 0.529. The number of amidine groups is 1. The van der Waals surface area contributed by atoms with Crippen molar-refractivity contribution in [1.29, 1.82) is 0 Å². The number of nitrogens with zero attached hydrogens (tertiary/aromatic N) is 3. The van der Waals surface area contributed by atoms with E-state index in [2.05, 4.69) is 20.2 Å².